The first-order valence-electron chi connectivity index (χ1n) is 11.2. The van der Waals surface area contributed by atoms with Crippen LogP contribution in [0.1, 0.15) is 39.9 Å². The Balaban J connectivity index is 1.35. The molecule has 1 aliphatic rings. The maximum Gasteiger partial charge on any atom is 0.254 e. The lowest BCUT2D eigenvalue weighted by molar-refractivity contribution is -0.121. The van der Waals surface area contributed by atoms with Crippen LogP contribution >= 0.6 is 0 Å². The highest BCUT2D eigenvalue weighted by atomic mass is 16.2. The second-order valence-electron chi connectivity index (χ2n) is 8.42. The second-order valence-corrected chi connectivity index (χ2v) is 8.42. The first kappa shape index (κ1) is 21.8. The molecule has 0 spiro atoms. The number of anilines is 1. The highest BCUT2D eigenvalue weighted by Gasteiger charge is 2.28. The third-order valence-corrected chi connectivity index (χ3v) is 6.09. The predicted molar refractivity (Wildman–Crippen MR) is 127 cm³/mol. The van der Waals surface area contributed by atoms with Crippen LogP contribution in [0, 0.1) is 12.8 Å². The van der Waals surface area contributed by atoms with Crippen LogP contribution in [-0.2, 0) is 17.6 Å². The Morgan fingerprint density at radius 1 is 0.969 bits per heavy atom. The van der Waals surface area contributed by atoms with Crippen LogP contribution in [-0.4, -0.2) is 34.8 Å². The summed E-state index contributed by atoms with van der Waals surface area (Å²) in [6.45, 7) is 3.15. The average Bonchev–Trinajstić information content (AvgIpc) is 2.83. The summed E-state index contributed by atoms with van der Waals surface area (Å²) in [5, 5.41) is 2.92. The quantitative estimate of drug-likeness (QED) is 0.622. The zero-order valence-corrected chi connectivity index (χ0v) is 18.5. The lowest BCUT2D eigenvalue weighted by atomic mass is 9.94. The summed E-state index contributed by atoms with van der Waals surface area (Å²) in [4.78, 5) is 32.0. The molecule has 1 fully saturated rings. The van der Waals surface area contributed by atoms with E-state index in [1.54, 1.807) is 6.20 Å². The lowest BCUT2D eigenvalue weighted by Crippen LogP contribution is -2.41. The molecule has 2 amide bonds. The first-order chi connectivity index (χ1) is 15.6. The van der Waals surface area contributed by atoms with Gasteiger partial charge < -0.3 is 10.2 Å². The van der Waals surface area contributed by atoms with Crippen LogP contribution in [0.4, 0.5) is 5.82 Å². The van der Waals surface area contributed by atoms with Crippen molar-refractivity contribution < 1.29 is 9.59 Å². The zero-order chi connectivity index (χ0) is 22.3. The summed E-state index contributed by atoms with van der Waals surface area (Å²) in [6, 6.07) is 22.0. The minimum Gasteiger partial charge on any atom is -0.339 e. The molecule has 0 bridgehead atoms. The Labute approximate surface area is 189 Å². The van der Waals surface area contributed by atoms with Gasteiger partial charge in [0.2, 0.25) is 5.91 Å². The summed E-state index contributed by atoms with van der Waals surface area (Å²) >= 11 is 0. The smallest absolute Gasteiger partial charge is 0.254 e. The molecule has 0 unspecified atom stereocenters. The molecule has 5 nitrogen and oxygen atoms in total. The van der Waals surface area contributed by atoms with Crippen LogP contribution < -0.4 is 5.32 Å². The Kier molecular flexibility index (Phi) is 6.95. The summed E-state index contributed by atoms with van der Waals surface area (Å²) in [7, 11) is 0. The van der Waals surface area contributed by atoms with Gasteiger partial charge in [0.25, 0.3) is 5.91 Å². The number of pyridine rings is 1. The van der Waals surface area contributed by atoms with Gasteiger partial charge in [0, 0.05) is 30.8 Å². The number of aromatic nitrogens is 1. The van der Waals surface area contributed by atoms with Crippen molar-refractivity contribution in [2.75, 3.05) is 18.4 Å². The number of hydrogen-bond acceptors (Lipinski definition) is 3. The minimum absolute atomic E-state index is 0.0153. The molecule has 1 N–H and O–H groups in total. The SMILES string of the molecule is Cc1ccnc(NC(=O)C2CCN(C(=O)c3ccccc3CCc3ccccc3)CC2)c1. The summed E-state index contributed by atoms with van der Waals surface area (Å²) in [6.07, 6.45) is 4.75. The van der Waals surface area contributed by atoms with E-state index in [0.717, 1.165) is 29.5 Å². The van der Waals surface area contributed by atoms with E-state index in [1.165, 1.54) is 5.56 Å². The van der Waals surface area contributed by atoms with E-state index in [9.17, 15) is 9.59 Å². The zero-order valence-electron chi connectivity index (χ0n) is 18.5. The predicted octanol–water partition coefficient (Wildman–Crippen LogP) is 4.67. The van der Waals surface area contributed by atoms with Gasteiger partial charge in [-0.3, -0.25) is 9.59 Å². The van der Waals surface area contributed by atoms with E-state index >= 15 is 0 Å². The normalized spacial score (nSPS) is 14.2. The third-order valence-electron chi connectivity index (χ3n) is 6.09. The first-order valence-corrected chi connectivity index (χ1v) is 11.2. The van der Waals surface area contributed by atoms with Gasteiger partial charge >= 0.3 is 0 Å². The number of nitrogens with zero attached hydrogens (tertiary/aromatic N) is 2. The topological polar surface area (TPSA) is 62.3 Å². The highest BCUT2D eigenvalue weighted by molar-refractivity contribution is 5.96. The molecular formula is C27H29N3O2. The number of rotatable bonds is 6. The second kappa shape index (κ2) is 10.2. The fraction of sp³-hybridized carbons (Fsp3) is 0.296. The van der Waals surface area contributed by atoms with E-state index in [-0.39, 0.29) is 17.7 Å². The van der Waals surface area contributed by atoms with E-state index in [0.29, 0.717) is 31.7 Å². The number of amides is 2. The number of piperidine rings is 1. The standard InChI is InChI=1S/C27H29N3O2/c1-20-13-16-28-25(19-20)29-26(31)23-14-17-30(18-15-23)27(32)24-10-6-5-9-22(24)12-11-21-7-3-2-4-8-21/h2-10,13,16,19,23H,11-12,14-15,17-18H2,1H3,(H,28,29,31). The molecule has 2 heterocycles. The highest BCUT2D eigenvalue weighted by Crippen LogP contribution is 2.22. The summed E-state index contributed by atoms with van der Waals surface area (Å²) in [5.41, 5.74) is 4.17. The van der Waals surface area contributed by atoms with Crippen LogP contribution in [0.3, 0.4) is 0 Å². The van der Waals surface area contributed by atoms with E-state index in [2.05, 4.69) is 22.4 Å². The maximum atomic E-state index is 13.3. The van der Waals surface area contributed by atoms with Gasteiger partial charge in [0.1, 0.15) is 5.82 Å². The number of likely N-dealkylation sites (tertiary alicyclic amines) is 1. The van der Waals surface area contributed by atoms with Gasteiger partial charge in [0.15, 0.2) is 0 Å². The van der Waals surface area contributed by atoms with Gasteiger partial charge in [-0.25, -0.2) is 4.98 Å². The number of nitrogens with one attached hydrogen (secondary N) is 1. The van der Waals surface area contributed by atoms with Gasteiger partial charge in [0.05, 0.1) is 0 Å². The van der Waals surface area contributed by atoms with Gasteiger partial charge in [-0.05, 0) is 67.5 Å². The Hall–Kier alpha value is -3.47. The molecule has 1 aromatic heterocycles. The monoisotopic (exact) mass is 427 g/mol. The van der Waals surface area contributed by atoms with Crippen molar-refractivity contribution in [2.45, 2.75) is 32.6 Å². The molecule has 0 aliphatic carbocycles. The fourth-order valence-corrected chi connectivity index (χ4v) is 4.22. The number of benzene rings is 2. The van der Waals surface area contributed by atoms with Crippen molar-refractivity contribution in [1.82, 2.24) is 9.88 Å². The number of hydrogen-bond donors (Lipinski definition) is 1. The largest absolute Gasteiger partial charge is 0.339 e. The summed E-state index contributed by atoms with van der Waals surface area (Å²) < 4.78 is 0. The maximum absolute atomic E-state index is 13.3. The Bertz CT molecular complexity index is 1070. The Morgan fingerprint density at radius 2 is 1.69 bits per heavy atom. The molecule has 1 aliphatic heterocycles. The fourth-order valence-electron chi connectivity index (χ4n) is 4.22. The van der Waals surface area contributed by atoms with Crippen molar-refractivity contribution >= 4 is 17.6 Å². The van der Waals surface area contributed by atoms with E-state index in [1.807, 2.05) is 66.4 Å². The molecule has 5 heteroatoms. The number of aryl methyl sites for hydroxylation is 3. The number of carbonyl (C=O) groups is 2. The summed E-state index contributed by atoms with van der Waals surface area (Å²) in [5.74, 6) is 0.530. The van der Waals surface area contributed by atoms with Crippen molar-refractivity contribution in [2.24, 2.45) is 5.92 Å². The van der Waals surface area contributed by atoms with Crippen molar-refractivity contribution in [1.29, 1.82) is 0 Å². The molecule has 164 valence electrons. The van der Waals surface area contributed by atoms with Gasteiger partial charge in [-0.1, -0.05) is 48.5 Å². The average molecular weight is 428 g/mol. The van der Waals surface area contributed by atoms with E-state index in [4.69, 9.17) is 0 Å². The number of carbonyl (C=O) groups excluding carboxylic acids is 2. The van der Waals surface area contributed by atoms with Gasteiger partial charge in [-0.2, -0.15) is 0 Å². The van der Waals surface area contributed by atoms with Crippen LogP contribution in [0.2, 0.25) is 0 Å². The minimum atomic E-state index is -0.102. The van der Waals surface area contributed by atoms with Crippen LogP contribution in [0.15, 0.2) is 72.9 Å². The molecule has 0 saturated carbocycles. The molecule has 0 radical (unpaired) electrons. The van der Waals surface area contributed by atoms with Crippen LogP contribution in [0.5, 0.6) is 0 Å². The molecule has 0 atom stereocenters. The Morgan fingerprint density at radius 3 is 2.44 bits per heavy atom. The molecule has 4 rings (SSSR count). The van der Waals surface area contributed by atoms with Crippen LogP contribution in [0.25, 0.3) is 0 Å². The molecule has 1 saturated heterocycles. The van der Waals surface area contributed by atoms with Crippen molar-refractivity contribution in [3.8, 4) is 0 Å². The molecule has 2 aromatic carbocycles. The van der Waals surface area contributed by atoms with Crippen molar-refractivity contribution in [3.05, 3.63) is 95.2 Å². The molecule has 32 heavy (non-hydrogen) atoms. The molecular weight excluding hydrogens is 398 g/mol. The third kappa shape index (κ3) is 5.41. The lowest BCUT2D eigenvalue weighted by Gasteiger charge is -2.31. The van der Waals surface area contributed by atoms with Crippen molar-refractivity contribution in [3.63, 3.8) is 0 Å². The van der Waals surface area contributed by atoms with E-state index < -0.39 is 0 Å². The van der Waals surface area contributed by atoms with Gasteiger partial charge in [-0.15, -0.1) is 0 Å². The molecule has 3 aromatic rings.